The number of nitrogens with one attached hydrogen (secondary N) is 1. The lowest BCUT2D eigenvalue weighted by molar-refractivity contribution is 0.116. The zero-order valence-electron chi connectivity index (χ0n) is 11.6. The summed E-state index contributed by atoms with van der Waals surface area (Å²) in [6, 6.07) is 1.12. The fourth-order valence-corrected chi connectivity index (χ4v) is 2.52. The fraction of sp³-hybridized carbons (Fsp3) is 1.00. The lowest BCUT2D eigenvalue weighted by Gasteiger charge is -2.43. The van der Waals surface area contributed by atoms with Crippen LogP contribution in [0.15, 0.2) is 0 Å². The Morgan fingerprint density at radius 3 is 2.19 bits per heavy atom. The van der Waals surface area contributed by atoms with Crippen molar-refractivity contribution in [2.24, 2.45) is 17.3 Å². The van der Waals surface area contributed by atoms with E-state index in [9.17, 15) is 0 Å². The largest absolute Gasteiger partial charge is 0.396 e. The van der Waals surface area contributed by atoms with Crippen molar-refractivity contribution in [1.29, 1.82) is 0 Å². The van der Waals surface area contributed by atoms with Crippen LogP contribution in [-0.4, -0.2) is 23.8 Å². The molecular weight excluding hydrogens is 198 g/mol. The maximum atomic E-state index is 9.10. The molecule has 2 nitrogen and oxygen atoms in total. The van der Waals surface area contributed by atoms with Crippen LogP contribution in [0.2, 0.25) is 0 Å². The Morgan fingerprint density at radius 2 is 1.81 bits per heavy atom. The molecule has 0 bridgehead atoms. The van der Waals surface area contributed by atoms with E-state index >= 15 is 0 Å². The molecule has 0 aromatic rings. The summed E-state index contributed by atoms with van der Waals surface area (Å²) in [6.07, 6.45) is 3.50. The first-order valence-corrected chi connectivity index (χ1v) is 6.71. The van der Waals surface area contributed by atoms with Crippen LogP contribution in [0.3, 0.4) is 0 Å². The number of rotatable bonds is 5. The predicted molar refractivity (Wildman–Crippen MR) is 69.4 cm³/mol. The average molecular weight is 227 g/mol. The maximum absolute atomic E-state index is 9.10. The molecule has 0 radical (unpaired) electrons. The van der Waals surface area contributed by atoms with Crippen LogP contribution in [-0.2, 0) is 0 Å². The minimum absolute atomic E-state index is 0.242. The highest BCUT2D eigenvalue weighted by Gasteiger charge is 2.34. The highest BCUT2D eigenvalue weighted by molar-refractivity contribution is 4.91. The molecule has 0 heterocycles. The molecule has 0 aliphatic heterocycles. The summed E-state index contributed by atoms with van der Waals surface area (Å²) in [4.78, 5) is 0. The molecule has 0 amide bonds. The predicted octanol–water partition coefficient (Wildman–Crippen LogP) is 2.81. The summed E-state index contributed by atoms with van der Waals surface area (Å²) in [5.74, 6) is 1.73. The third kappa shape index (κ3) is 3.74. The molecule has 2 N–H and O–H groups in total. The first kappa shape index (κ1) is 14.0. The van der Waals surface area contributed by atoms with Crippen LogP contribution in [0.1, 0.15) is 53.9 Å². The van der Waals surface area contributed by atoms with Crippen LogP contribution in [0.5, 0.6) is 0 Å². The normalized spacial score (nSPS) is 27.9. The summed E-state index contributed by atoms with van der Waals surface area (Å²) in [5, 5.41) is 12.8. The third-order valence-corrected chi connectivity index (χ3v) is 4.02. The molecule has 1 fully saturated rings. The van der Waals surface area contributed by atoms with Crippen LogP contribution in [0, 0.1) is 17.3 Å². The van der Waals surface area contributed by atoms with Crippen molar-refractivity contribution < 1.29 is 5.11 Å². The summed E-state index contributed by atoms with van der Waals surface area (Å²) < 4.78 is 0. The SMILES string of the molecule is CC(C)C1CC(NC(CCO)C(C)(C)C)C1. The van der Waals surface area contributed by atoms with E-state index in [0.717, 1.165) is 18.3 Å². The van der Waals surface area contributed by atoms with Gasteiger partial charge in [-0.15, -0.1) is 0 Å². The quantitative estimate of drug-likeness (QED) is 0.757. The van der Waals surface area contributed by atoms with Gasteiger partial charge in [0.1, 0.15) is 0 Å². The van der Waals surface area contributed by atoms with E-state index in [1.807, 2.05) is 0 Å². The zero-order chi connectivity index (χ0) is 12.3. The van der Waals surface area contributed by atoms with Gasteiger partial charge in [0.15, 0.2) is 0 Å². The Balaban J connectivity index is 2.35. The minimum Gasteiger partial charge on any atom is -0.396 e. The van der Waals surface area contributed by atoms with E-state index in [4.69, 9.17) is 5.11 Å². The molecule has 2 heteroatoms. The summed E-state index contributed by atoms with van der Waals surface area (Å²) in [5.41, 5.74) is 0.242. The van der Waals surface area contributed by atoms with Gasteiger partial charge in [-0.3, -0.25) is 0 Å². The topological polar surface area (TPSA) is 32.3 Å². The molecule has 1 aliphatic carbocycles. The Morgan fingerprint density at radius 1 is 1.25 bits per heavy atom. The number of aliphatic hydroxyl groups is 1. The van der Waals surface area contributed by atoms with Crippen molar-refractivity contribution in [2.45, 2.75) is 66.0 Å². The molecule has 96 valence electrons. The summed E-state index contributed by atoms with van der Waals surface area (Å²) in [7, 11) is 0. The van der Waals surface area contributed by atoms with E-state index in [-0.39, 0.29) is 12.0 Å². The minimum atomic E-state index is 0.242. The van der Waals surface area contributed by atoms with Crippen molar-refractivity contribution in [3.05, 3.63) is 0 Å². The molecule has 0 spiro atoms. The third-order valence-electron chi connectivity index (χ3n) is 4.02. The van der Waals surface area contributed by atoms with E-state index in [0.29, 0.717) is 12.1 Å². The van der Waals surface area contributed by atoms with Crippen molar-refractivity contribution in [1.82, 2.24) is 5.32 Å². The monoisotopic (exact) mass is 227 g/mol. The van der Waals surface area contributed by atoms with Crippen molar-refractivity contribution in [3.63, 3.8) is 0 Å². The Kier molecular flexibility index (Phi) is 4.81. The van der Waals surface area contributed by atoms with E-state index in [2.05, 4.69) is 39.9 Å². The first-order chi connectivity index (χ1) is 7.34. The summed E-state index contributed by atoms with van der Waals surface area (Å²) >= 11 is 0. The van der Waals surface area contributed by atoms with Gasteiger partial charge >= 0.3 is 0 Å². The van der Waals surface area contributed by atoms with Gasteiger partial charge in [0.25, 0.3) is 0 Å². The highest BCUT2D eigenvalue weighted by atomic mass is 16.3. The lowest BCUT2D eigenvalue weighted by atomic mass is 9.72. The Bertz CT molecular complexity index is 201. The summed E-state index contributed by atoms with van der Waals surface area (Å²) in [6.45, 7) is 11.7. The van der Waals surface area contributed by atoms with Crippen molar-refractivity contribution in [2.75, 3.05) is 6.61 Å². The van der Waals surface area contributed by atoms with Crippen LogP contribution in [0.25, 0.3) is 0 Å². The highest BCUT2D eigenvalue weighted by Crippen LogP contribution is 2.35. The second-order valence-corrected chi connectivity index (χ2v) is 6.77. The number of hydrogen-bond acceptors (Lipinski definition) is 2. The van der Waals surface area contributed by atoms with Gasteiger partial charge in [-0.05, 0) is 36.5 Å². The van der Waals surface area contributed by atoms with Gasteiger partial charge in [0, 0.05) is 18.7 Å². The van der Waals surface area contributed by atoms with Crippen LogP contribution >= 0.6 is 0 Å². The van der Waals surface area contributed by atoms with E-state index in [1.165, 1.54) is 12.8 Å². The van der Waals surface area contributed by atoms with Crippen molar-refractivity contribution >= 4 is 0 Å². The van der Waals surface area contributed by atoms with Crippen molar-refractivity contribution in [3.8, 4) is 0 Å². The van der Waals surface area contributed by atoms with Crippen LogP contribution < -0.4 is 5.32 Å². The number of aliphatic hydroxyl groups excluding tert-OH is 1. The Labute approximate surface area is 101 Å². The van der Waals surface area contributed by atoms with Gasteiger partial charge in [0.05, 0.1) is 0 Å². The van der Waals surface area contributed by atoms with E-state index < -0.39 is 0 Å². The van der Waals surface area contributed by atoms with Gasteiger partial charge in [0.2, 0.25) is 0 Å². The first-order valence-electron chi connectivity index (χ1n) is 6.71. The molecule has 1 unspecified atom stereocenters. The van der Waals surface area contributed by atoms with Gasteiger partial charge in [-0.2, -0.15) is 0 Å². The zero-order valence-corrected chi connectivity index (χ0v) is 11.6. The molecular formula is C14H29NO. The van der Waals surface area contributed by atoms with E-state index in [1.54, 1.807) is 0 Å². The Hall–Kier alpha value is -0.0800. The molecule has 0 aromatic heterocycles. The molecule has 1 atom stereocenters. The van der Waals surface area contributed by atoms with Gasteiger partial charge < -0.3 is 10.4 Å². The average Bonchev–Trinajstić information content (AvgIpc) is 2.05. The van der Waals surface area contributed by atoms with Gasteiger partial charge in [-0.25, -0.2) is 0 Å². The molecule has 0 saturated heterocycles. The van der Waals surface area contributed by atoms with Gasteiger partial charge in [-0.1, -0.05) is 34.6 Å². The second-order valence-electron chi connectivity index (χ2n) is 6.77. The molecule has 16 heavy (non-hydrogen) atoms. The molecule has 0 aromatic carbocycles. The second kappa shape index (κ2) is 5.50. The number of hydrogen-bond donors (Lipinski definition) is 2. The standard InChI is InChI=1S/C14H29NO/c1-10(2)11-8-12(9-11)15-13(6-7-16)14(3,4)5/h10-13,15-16H,6-9H2,1-5H3. The fourth-order valence-electron chi connectivity index (χ4n) is 2.52. The smallest absolute Gasteiger partial charge is 0.0446 e. The molecule has 1 saturated carbocycles. The molecule has 1 rings (SSSR count). The maximum Gasteiger partial charge on any atom is 0.0446 e. The lowest BCUT2D eigenvalue weighted by Crippen LogP contribution is -2.52. The van der Waals surface area contributed by atoms with Crippen LogP contribution in [0.4, 0.5) is 0 Å². The molecule has 1 aliphatic rings.